The first kappa shape index (κ1) is 40.7. The third-order valence-electron chi connectivity index (χ3n) is 11.4. The number of sulfonamides is 1. The number of carbonyl (C=O) groups is 4. The molecule has 2 saturated carbocycles. The zero-order valence-electron chi connectivity index (χ0n) is 32.8. The van der Waals surface area contributed by atoms with Gasteiger partial charge in [0.25, 0.3) is 11.8 Å². The fraction of sp³-hybridized carbons (Fsp3) is 0.550. The van der Waals surface area contributed by atoms with Crippen LogP contribution in [0.3, 0.4) is 0 Å². The molecule has 4 amide bonds. The molecule has 2 aromatic heterocycles. The van der Waals surface area contributed by atoms with Crippen LogP contribution in [0.5, 0.6) is 11.6 Å². The number of ether oxygens (including phenoxy) is 2. The molecular weight excluding hydrogens is 818 g/mol. The molecule has 5 atom stereocenters. The third kappa shape index (κ3) is 8.41. The molecule has 0 spiro atoms. The number of allylic oxidation sites excluding steroid dienone is 1. The van der Waals surface area contributed by atoms with Crippen molar-refractivity contribution in [3.63, 3.8) is 0 Å². The Bertz CT molecular complexity index is 2240. The number of nitrogens with one attached hydrogen (secondary N) is 3. The lowest BCUT2D eigenvalue weighted by atomic mass is 10.0. The number of rotatable bonds is 9. The highest BCUT2D eigenvalue weighted by molar-refractivity contribution is 9.10. The zero-order valence-corrected chi connectivity index (χ0v) is 35.2. The van der Waals surface area contributed by atoms with Crippen molar-refractivity contribution in [3.8, 4) is 11.6 Å². The SMILES string of the molecule is Cc1ccc2c(OC3CC4C(=O)NC5(C(=O)NS(=O)(=O)C6(C)CC6)CC5C=CCCCCCC(NC(=O)c5ccn(C)n5)C(=O)N4C3)cc(OC(C)C)nc2c1Br. The van der Waals surface area contributed by atoms with E-state index in [4.69, 9.17) is 14.5 Å². The number of nitrogens with zero attached hydrogens (tertiary/aromatic N) is 4. The largest absolute Gasteiger partial charge is 0.488 e. The van der Waals surface area contributed by atoms with Crippen LogP contribution in [-0.2, 0) is 31.5 Å². The van der Waals surface area contributed by atoms with Crippen LogP contribution in [-0.4, -0.2) is 92.8 Å². The maximum atomic E-state index is 14.7. The average Bonchev–Trinajstić information content (AvgIpc) is 3.95. The number of amides is 4. The van der Waals surface area contributed by atoms with E-state index >= 15 is 0 Å². The first-order valence-electron chi connectivity index (χ1n) is 19.6. The van der Waals surface area contributed by atoms with Crippen molar-refractivity contribution in [2.75, 3.05) is 6.54 Å². The summed E-state index contributed by atoms with van der Waals surface area (Å²) in [6, 6.07) is 4.97. The molecule has 3 N–H and O–H groups in total. The van der Waals surface area contributed by atoms with E-state index in [1.54, 1.807) is 32.3 Å². The van der Waals surface area contributed by atoms with Gasteiger partial charge in [-0.15, -0.1) is 0 Å². The number of fused-ring (bicyclic) bond motifs is 3. The smallest absolute Gasteiger partial charge is 0.272 e. The van der Waals surface area contributed by atoms with Gasteiger partial charge in [-0.2, -0.15) is 5.10 Å². The molecule has 3 fully saturated rings. The summed E-state index contributed by atoms with van der Waals surface area (Å²) in [7, 11) is -2.31. The van der Waals surface area contributed by atoms with E-state index in [2.05, 4.69) is 36.4 Å². The number of aromatic nitrogens is 3. The van der Waals surface area contributed by atoms with E-state index in [9.17, 15) is 27.6 Å². The fourth-order valence-electron chi connectivity index (χ4n) is 7.60. The normalized spacial score (nSPS) is 26.1. The summed E-state index contributed by atoms with van der Waals surface area (Å²) in [5.41, 5.74) is 0.205. The number of aryl methyl sites for hydroxylation is 2. The highest BCUT2D eigenvalue weighted by Gasteiger charge is 2.63. The van der Waals surface area contributed by atoms with E-state index in [0.717, 1.165) is 22.9 Å². The Morgan fingerprint density at radius 3 is 2.60 bits per heavy atom. The van der Waals surface area contributed by atoms with Gasteiger partial charge in [0.05, 0.1) is 22.9 Å². The quantitative estimate of drug-likeness (QED) is 0.261. The molecule has 4 aliphatic rings. The first-order chi connectivity index (χ1) is 27.0. The van der Waals surface area contributed by atoms with Gasteiger partial charge in [0, 0.05) is 41.5 Å². The van der Waals surface area contributed by atoms with Gasteiger partial charge in [0.15, 0.2) is 0 Å². The lowest BCUT2D eigenvalue weighted by Crippen LogP contribution is -2.58. The summed E-state index contributed by atoms with van der Waals surface area (Å²) in [6.45, 7) is 7.31. The molecule has 3 aromatic rings. The topological polar surface area (TPSA) is 191 Å². The Labute approximate surface area is 340 Å². The molecule has 0 bridgehead atoms. The summed E-state index contributed by atoms with van der Waals surface area (Å²) >= 11 is 3.66. The standard InChI is InChI=1S/C40H50BrN7O8S/c1-23(2)55-32-20-31(27-14-13-24(3)33(41)34(27)43-32)56-26-19-30-36(50)44-40(38(52)46-57(53,54)39(4)16-17-39)21-25(40)11-9-7-6-8-10-12-29(37(51)48(30)22-26)42-35(49)28-15-18-47(5)45-28/h9,11,13-15,18,20,23,25-26,29-30H,6-8,10,12,16-17,19,21-22H2,1-5H3,(H,42,49)(H,44,50)(H,46,52). The van der Waals surface area contributed by atoms with E-state index in [1.165, 1.54) is 9.58 Å². The van der Waals surface area contributed by atoms with E-state index in [-0.39, 0.29) is 31.2 Å². The van der Waals surface area contributed by atoms with Gasteiger partial charge in [0.2, 0.25) is 27.7 Å². The second kappa shape index (κ2) is 15.7. The molecule has 2 aliphatic carbocycles. The lowest BCUT2D eigenvalue weighted by Gasteiger charge is -2.30. The molecule has 17 heteroatoms. The van der Waals surface area contributed by atoms with Crippen LogP contribution in [0.15, 0.2) is 47.1 Å². The van der Waals surface area contributed by atoms with Crippen LogP contribution in [0.2, 0.25) is 0 Å². The Morgan fingerprint density at radius 1 is 1.12 bits per heavy atom. The maximum absolute atomic E-state index is 14.7. The highest BCUT2D eigenvalue weighted by Crippen LogP contribution is 2.47. The summed E-state index contributed by atoms with van der Waals surface area (Å²) < 4.78 is 42.6. The first-order valence-corrected chi connectivity index (χ1v) is 21.9. The molecule has 0 radical (unpaired) electrons. The van der Waals surface area contributed by atoms with Crippen molar-refractivity contribution in [3.05, 3.63) is 58.3 Å². The predicted octanol–water partition coefficient (Wildman–Crippen LogP) is 4.37. The Morgan fingerprint density at radius 2 is 1.89 bits per heavy atom. The van der Waals surface area contributed by atoms with Crippen molar-refractivity contribution in [1.29, 1.82) is 0 Å². The number of benzene rings is 1. The molecule has 306 valence electrons. The second-order valence-corrected chi connectivity index (χ2v) is 19.3. The summed E-state index contributed by atoms with van der Waals surface area (Å²) in [4.78, 5) is 62.8. The molecule has 1 aromatic carbocycles. The second-order valence-electron chi connectivity index (χ2n) is 16.3. The van der Waals surface area contributed by atoms with Crippen LogP contribution < -0.4 is 24.8 Å². The summed E-state index contributed by atoms with van der Waals surface area (Å²) in [5, 5.41) is 10.7. The van der Waals surface area contributed by atoms with Crippen molar-refractivity contribution in [2.45, 2.75) is 120 Å². The highest BCUT2D eigenvalue weighted by atomic mass is 79.9. The Balaban J connectivity index is 1.23. The van der Waals surface area contributed by atoms with E-state index in [1.807, 2.05) is 45.1 Å². The van der Waals surface area contributed by atoms with E-state index in [0.29, 0.717) is 54.6 Å². The van der Waals surface area contributed by atoms with E-state index < -0.39 is 68.0 Å². The fourth-order valence-corrected chi connectivity index (χ4v) is 9.35. The van der Waals surface area contributed by atoms with Gasteiger partial charge < -0.3 is 25.0 Å². The van der Waals surface area contributed by atoms with Gasteiger partial charge in [-0.25, -0.2) is 13.4 Å². The monoisotopic (exact) mass is 867 g/mol. The number of pyridine rings is 1. The molecule has 5 unspecified atom stereocenters. The van der Waals surface area contributed by atoms with Crippen LogP contribution in [0.25, 0.3) is 10.9 Å². The summed E-state index contributed by atoms with van der Waals surface area (Å²) in [6.07, 6.45) is 8.88. The van der Waals surface area contributed by atoms with Crippen molar-refractivity contribution < 1.29 is 37.1 Å². The van der Waals surface area contributed by atoms with Crippen LogP contribution >= 0.6 is 15.9 Å². The third-order valence-corrected chi connectivity index (χ3v) is 14.6. The minimum absolute atomic E-state index is 0.0145. The molecule has 57 heavy (non-hydrogen) atoms. The summed E-state index contributed by atoms with van der Waals surface area (Å²) in [5.74, 6) is -2.08. The van der Waals surface area contributed by atoms with Crippen molar-refractivity contribution >= 4 is 60.5 Å². The van der Waals surface area contributed by atoms with Crippen molar-refractivity contribution in [2.24, 2.45) is 13.0 Å². The van der Waals surface area contributed by atoms with Gasteiger partial charge >= 0.3 is 0 Å². The van der Waals surface area contributed by atoms with Crippen LogP contribution in [0.4, 0.5) is 0 Å². The molecule has 1 saturated heterocycles. The lowest BCUT2D eigenvalue weighted by molar-refractivity contribution is -0.141. The molecule has 2 aliphatic heterocycles. The van der Waals surface area contributed by atoms with Gasteiger partial charge in [-0.05, 0) is 99.8 Å². The number of hydrogen-bond acceptors (Lipinski definition) is 10. The number of carbonyl (C=O) groups excluding carboxylic acids is 4. The Kier molecular flexibility index (Phi) is 11.2. The minimum atomic E-state index is -4.00. The molecule has 15 nitrogen and oxygen atoms in total. The molecular formula is C40H50BrN7O8S. The van der Waals surface area contributed by atoms with Crippen molar-refractivity contribution in [1.82, 2.24) is 35.0 Å². The zero-order chi connectivity index (χ0) is 40.9. The number of halogens is 1. The maximum Gasteiger partial charge on any atom is 0.272 e. The number of hydrogen-bond donors (Lipinski definition) is 3. The molecule has 4 heterocycles. The van der Waals surface area contributed by atoms with Crippen LogP contribution in [0.1, 0.15) is 94.6 Å². The van der Waals surface area contributed by atoms with Gasteiger partial charge in [-0.3, -0.25) is 28.6 Å². The Hall–Kier alpha value is -4.51. The molecule has 7 rings (SSSR count). The van der Waals surface area contributed by atoms with Gasteiger partial charge in [-0.1, -0.05) is 31.1 Å². The van der Waals surface area contributed by atoms with Gasteiger partial charge in [0.1, 0.15) is 35.2 Å². The van der Waals surface area contributed by atoms with Crippen LogP contribution in [0, 0.1) is 12.8 Å². The minimum Gasteiger partial charge on any atom is -0.488 e. The average molecular weight is 869 g/mol. The predicted molar refractivity (Wildman–Crippen MR) is 215 cm³/mol.